The van der Waals surface area contributed by atoms with E-state index in [1.807, 2.05) is 0 Å². The molecule has 0 aliphatic heterocycles. The van der Waals surface area contributed by atoms with Gasteiger partial charge in [0, 0.05) is 17.5 Å². The number of thiol groups is 1. The first kappa shape index (κ1) is 12.3. The van der Waals surface area contributed by atoms with Crippen molar-refractivity contribution < 1.29 is 26.0 Å². The molecule has 0 saturated carbocycles. The lowest BCUT2D eigenvalue weighted by Gasteiger charge is -2.18. The van der Waals surface area contributed by atoms with Crippen LogP contribution >= 0.6 is 0 Å². The molecule has 1 atom stereocenters. The van der Waals surface area contributed by atoms with Gasteiger partial charge in [0.2, 0.25) is 10.9 Å². The lowest BCUT2D eigenvalue weighted by molar-refractivity contribution is -0.0193. The van der Waals surface area contributed by atoms with Gasteiger partial charge in [0.15, 0.2) is 0 Å². The molecule has 1 aromatic carbocycles. The van der Waals surface area contributed by atoms with Crippen molar-refractivity contribution in [3.05, 3.63) is 34.9 Å². The average Bonchev–Trinajstić information content (AvgIpc) is 2.46. The molecule has 0 aromatic heterocycles. The fourth-order valence-electron chi connectivity index (χ4n) is 1.91. The predicted octanol–water partition coefficient (Wildman–Crippen LogP) is 1.31. The molecule has 0 heterocycles. The number of nitrogens with one attached hydrogen (secondary N) is 1. The van der Waals surface area contributed by atoms with Crippen LogP contribution in [0.4, 0.5) is 17.6 Å². The Bertz CT molecular complexity index is 536. The standard InChI is InChI=1S/C9H7F4NO2S/c10-5-1-2-6(11)7-4(5)3-9(12,13)8(7)14-17(15)16/h1-2,8,17H,3H2,(H,14,15,16)/t8-/m0/s1. The largest absolute Gasteiger partial charge is 0.272 e. The van der Waals surface area contributed by atoms with E-state index in [0.717, 1.165) is 6.07 Å². The number of fused-ring (bicyclic) bond motifs is 1. The summed E-state index contributed by atoms with van der Waals surface area (Å²) in [5.41, 5.74) is -1.10. The average molecular weight is 269 g/mol. The van der Waals surface area contributed by atoms with E-state index in [-0.39, 0.29) is 0 Å². The van der Waals surface area contributed by atoms with Crippen LogP contribution in [0.1, 0.15) is 17.2 Å². The molecule has 1 aromatic rings. The SMILES string of the molecule is O=[SH](=O)N[C@H]1c2c(F)ccc(F)c2CC1(F)F. The second-order valence-corrected chi connectivity index (χ2v) is 4.45. The highest BCUT2D eigenvalue weighted by atomic mass is 32.2. The summed E-state index contributed by atoms with van der Waals surface area (Å²) in [6.45, 7) is 0. The molecule has 0 radical (unpaired) electrons. The second kappa shape index (κ2) is 3.95. The van der Waals surface area contributed by atoms with Crippen LogP contribution in [0.25, 0.3) is 0 Å². The normalized spacial score (nSPS) is 21.8. The Kier molecular flexibility index (Phi) is 2.86. The molecule has 0 unspecified atom stereocenters. The summed E-state index contributed by atoms with van der Waals surface area (Å²) in [6.07, 6.45) is -1.02. The van der Waals surface area contributed by atoms with Gasteiger partial charge in [-0.3, -0.25) is 0 Å². The number of alkyl halides is 2. The highest BCUT2D eigenvalue weighted by Crippen LogP contribution is 2.45. The maximum atomic E-state index is 13.5. The predicted molar refractivity (Wildman–Crippen MR) is 51.2 cm³/mol. The van der Waals surface area contributed by atoms with Crippen LogP contribution in [0.5, 0.6) is 0 Å². The maximum Gasteiger partial charge on any atom is 0.272 e. The third-order valence-electron chi connectivity index (χ3n) is 2.60. The van der Waals surface area contributed by atoms with Crippen molar-refractivity contribution in [1.29, 1.82) is 0 Å². The molecule has 3 nitrogen and oxygen atoms in total. The van der Waals surface area contributed by atoms with Crippen LogP contribution in [-0.2, 0) is 17.3 Å². The van der Waals surface area contributed by atoms with Gasteiger partial charge in [0.25, 0.3) is 5.92 Å². The van der Waals surface area contributed by atoms with Gasteiger partial charge in [-0.15, -0.1) is 0 Å². The van der Waals surface area contributed by atoms with Crippen molar-refractivity contribution >= 4 is 10.9 Å². The van der Waals surface area contributed by atoms with E-state index < -0.39 is 52.0 Å². The van der Waals surface area contributed by atoms with Gasteiger partial charge in [-0.2, -0.15) is 0 Å². The summed E-state index contributed by atoms with van der Waals surface area (Å²) >= 11 is 0. The van der Waals surface area contributed by atoms with Crippen LogP contribution in [0, 0.1) is 11.6 Å². The molecule has 1 N–H and O–H groups in total. The Labute approximate surface area is 95.5 Å². The van der Waals surface area contributed by atoms with Gasteiger partial charge < -0.3 is 0 Å². The van der Waals surface area contributed by atoms with E-state index in [1.165, 1.54) is 0 Å². The molecule has 0 spiro atoms. The van der Waals surface area contributed by atoms with Gasteiger partial charge in [0.1, 0.15) is 17.7 Å². The minimum atomic E-state index is -3.54. The molecule has 0 bridgehead atoms. The number of hydrogen-bond acceptors (Lipinski definition) is 2. The van der Waals surface area contributed by atoms with E-state index in [4.69, 9.17) is 0 Å². The smallest absolute Gasteiger partial charge is 0.215 e. The fourth-order valence-corrected chi connectivity index (χ4v) is 2.44. The zero-order chi connectivity index (χ0) is 12.8. The molecule has 2 rings (SSSR count). The van der Waals surface area contributed by atoms with E-state index in [9.17, 15) is 26.0 Å². The monoisotopic (exact) mass is 269 g/mol. The van der Waals surface area contributed by atoms with Crippen LogP contribution in [-0.4, -0.2) is 14.3 Å². The van der Waals surface area contributed by atoms with E-state index in [2.05, 4.69) is 0 Å². The van der Waals surface area contributed by atoms with Crippen molar-refractivity contribution in [2.24, 2.45) is 0 Å². The lowest BCUT2D eigenvalue weighted by atomic mass is 10.1. The number of halogens is 4. The van der Waals surface area contributed by atoms with Crippen LogP contribution in [0.2, 0.25) is 0 Å². The molecule has 0 saturated heterocycles. The van der Waals surface area contributed by atoms with E-state index in [1.54, 1.807) is 4.72 Å². The summed E-state index contributed by atoms with van der Waals surface area (Å²) < 4.78 is 75.9. The van der Waals surface area contributed by atoms with Crippen molar-refractivity contribution in [3.63, 3.8) is 0 Å². The summed E-state index contributed by atoms with van der Waals surface area (Å²) in [6, 6.07) is -0.610. The molecular weight excluding hydrogens is 262 g/mol. The maximum absolute atomic E-state index is 13.5. The molecular formula is C9H7F4NO2S. The molecule has 0 amide bonds. The molecule has 0 fully saturated rings. The molecule has 17 heavy (non-hydrogen) atoms. The minimum Gasteiger partial charge on any atom is -0.215 e. The summed E-state index contributed by atoms with van der Waals surface area (Å²) in [7, 11) is -3.34. The van der Waals surface area contributed by atoms with Crippen LogP contribution in [0.3, 0.4) is 0 Å². The Morgan fingerprint density at radius 3 is 2.41 bits per heavy atom. The van der Waals surface area contributed by atoms with Crippen molar-refractivity contribution in [2.45, 2.75) is 18.4 Å². The first-order valence-corrected chi connectivity index (χ1v) is 5.76. The summed E-state index contributed by atoms with van der Waals surface area (Å²) in [5, 5.41) is 0. The molecule has 1 aliphatic rings. The topological polar surface area (TPSA) is 46.2 Å². The van der Waals surface area contributed by atoms with Gasteiger partial charge in [0.05, 0.1) is 0 Å². The van der Waals surface area contributed by atoms with Gasteiger partial charge in [-0.1, -0.05) is 0 Å². The number of benzene rings is 1. The Morgan fingerprint density at radius 1 is 1.24 bits per heavy atom. The fraction of sp³-hybridized carbons (Fsp3) is 0.333. The molecule has 8 heteroatoms. The minimum absolute atomic E-state index is 0.482. The van der Waals surface area contributed by atoms with Crippen LogP contribution in [0.15, 0.2) is 12.1 Å². The third-order valence-corrected chi connectivity index (χ3v) is 3.07. The number of rotatable bonds is 2. The van der Waals surface area contributed by atoms with Crippen LogP contribution < -0.4 is 4.72 Å². The quantitative estimate of drug-likeness (QED) is 0.628. The Hall–Kier alpha value is -1.15. The summed E-state index contributed by atoms with van der Waals surface area (Å²) in [5.74, 6) is -5.56. The first-order valence-electron chi connectivity index (χ1n) is 4.58. The van der Waals surface area contributed by atoms with E-state index in [0.29, 0.717) is 6.07 Å². The van der Waals surface area contributed by atoms with Gasteiger partial charge >= 0.3 is 0 Å². The third kappa shape index (κ3) is 2.02. The highest BCUT2D eigenvalue weighted by Gasteiger charge is 2.50. The van der Waals surface area contributed by atoms with Crippen molar-refractivity contribution in [3.8, 4) is 0 Å². The van der Waals surface area contributed by atoms with Crippen molar-refractivity contribution in [1.82, 2.24) is 4.72 Å². The lowest BCUT2D eigenvalue weighted by Crippen LogP contribution is -2.33. The van der Waals surface area contributed by atoms with E-state index >= 15 is 0 Å². The molecule has 1 aliphatic carbocycles. The number of hydrogen-bond donors (Lipinski definition) is 2. The Balaban J connectivity index is 2.59. The molecule has 94 valence electrons. The van der Waals surface area contributed by atoms with Gasteiger partial charge in [-0.25, -0.2) is 30.7 Å². The zero-order valence-electron chi connectivity index (χ0n) is 8.21. The Morgan fingerprint density at radius 2 is 1.82 bits per heavy atom. The van der Waals surface area contributed by atoms with Gasteiger partial charge in [-0.05, 0) is 12.1 Å². The second-order valence-electron chi connectivity index (χ2n) is 3.68. The first-order chi connectivity index (χ1) is 7.83. The highest BCUT2D eigenvalue weighted by molar-refractivity contribution is 7.70. The summed E-state index contributed by atoms with van der Waals surface area (Å²) in [4.78, 5) is 0. The zero-order valence-corrected chi connectivity index (χ0v) is 9.11. The van der Waals surface area contributed by atoms with Crippen molar-refractivity contribution in [2.75, 3.05) is 0 Å².